The van der Waals surface area contributed by atoms with E-state index in [1.807, 2.05) is 0 Å². The number of alkyl halides is 3. The maximum absolute atomic E-state index is 13.4. The summed E-state index contributed by atoms with van der Waals surface area (Å²) in [5.41, 5.74) is -4.56. The number of benzene rings is 1. The van der Waals surface area contributed by atoms with E-state index in [9.17, 15) is 38.0 Å². The Hall–Kier alpha value is -2.89. The van der Waals surface area contributed by atoms with Crippen LogP contribution in [0.15, 0.2) is 24.3 Å². The monoisotopic (exact) mass is 377 g/mol. The largest absolute Gasteiger partial charge is 0.466 e. The minimum Gasteiger partial charge on any atom is -0.466 e. The molecule has 1 fully saturated rings. The molecule has 1 aliphatic rings. The molecule has 2 amide bonds. The molecule has 0 saturated carbocycles. The maximum Gasteiger partial charge on any atom is 0.437 e. The number of hydrogen-bond acceptors (Lipinski definition) is 6. The van der Waals surface area contributed by atoms with Crippen molar-refractivity contribution in [3.8, 4) is 0 Å². The summed E-state index contributed by atoms with van der Waals surface area (Å²) in [5, 5.41) is 24.4. The molecule has 142 valence electrons. The molecule has 0 spiro atoms. The Morgan fingerprint density at radius 1 is 1.46 bits per heavy atom. The second-order valence-corrected chi connectivity index (χ2v) is 5.42. The number of nitro benzene ring substituents is 1. The first kappa shape index (κ1) is 19.4. The van der Waals surface area contributed by atoms with Crippen LogP contribution in [-0.2, 0) is 9.53 Å². The van der Waals surface area contributed by atoms with Crippen molar-refractivity contribution < 1.29 is 37.5 Å². The molecule has 3 atom stereocenters. The number of ether oxygens (including phenoxy) is 1. The van der Waals surface area contributed by atoms with Crippen LogP contribution in [0.2, 0.25) is 0 Å². The van der Waals surface area contributed by atoms with Gasteiger partial charge in [-0.25, -0.2) is 4.79 Å². The number of esters is 1. The smallest absolute Gasteiger partial charge is 0.437 e. The molecule has 9 nitrogen and oxygen atoms in total. The highest BCUT2D eigenvalue weighted by molar-refractivity contribution is 5.83. The third-order valence-electron chi connectivity index (χ3n) is 3.79. The molecule has 1 aromatic carbocycles. The number of nitro groups is 1. The average molecular weight is 377 g/mol. The number of non-ortho nitro benzene ring substituents is 1. The van der Waals surface area contributed by atoms with Crippen molar-refractivity contribution in [2.75, 3.05) is 6.61 Å². The van der Waals surface area contributed by atoms with Gasteiger partial charge in [-0.05, 0) is 12.5 Å². The second-order valence-electron chi connectivity index (χ2n) is 5.42. The summed E-state index contributed by atoms with van der Waals surface area (Å²) in [5.74, 6) is -3.77. The van der Waals surface area contributed by atoms with E-state index in [1.165, 1.54) is 24.4 Å². The van der Waals surface area contributed by atoms with Crippen molar-refractivity contribution in [2.24, 2.45) is 5.92 Å². The highest BCUT2D eigenvalue weighted by Gasteiger charge is 2.67. The number of rotatable bonds is 4. The van der Waals surface area contributed by atoms with E-state index in [4.69, 9.17) is 0 Å². The van der Waals surface area contributed by atoms with Gasteiger partial charge in [0, 0.05) is 12.1 Å². The van der Waals surface area contributed by atoms with Gasteiger partial charge in [-0.3, -0.25) is 14.9 Å². The summed E-state index contributed by atoms with van der Waals surface area (Å²) in [6.07, 6.45) is -5.42. The third kappa shape index (κ3) is 3.40. The van der Waals surface area contributed by atoms with Gasteiger partial charge in [0.15, 0.2) is 0 Å². The zero-order valence-electron chi connectivity index (χ0n) is 13.2. The van der Waals surface area contributed by atoms with Gasteiger partial charge in [0.05, 0.1) is 17.6 Å². The standard InChI is InChI=1S/C14H14F3N3O6/c1-2-26-11(21)9-10(7-4-3-5-8(6-7)20(24)25)18-12(22)19-13(9,23)14(15,16)17/h3-6,9-10,23H,2H2,1H3,(H2,18,19,22)/t9-,10+,13-/m0/s1. The van der Waals surface area contributed by atoms with Crippen LogP contribution in [0.25, 0.3) is 0 Å². The van der Waals surface area contributed by atoms with Crippen molar-refractivity contribution in [1.29, 1.82) is 0 Å². The lowest BCUT2D eigenvalue weighted by atomic mass is 9.82. The Bertz CT molecular complexity index is 741. The summed E-state index contributed by atoms with van der Waals surface area (Å²) in [4.78, 5) is 33.9. The normalized spacial score (nSPS) is 25.8. The molecule has 26 heavy (non-hydrogen) atoms. The van der Waals surface area contributed by atoms with E-state index in [0.717, 1.165) is 12.1 Å². The van der Waals surface area contributed by atoms with Crippen LogP contribution in [-0.4, -0.2) is 40.5 Å². The van der Waals surface area contributed by atoms with Gasteiger partial charge in [-0.1, -0.05) is 12.1 Å². The topological polar surface area (TPSA) is 131 Å². The number of aliphatic hydroxyl groups is 1. The number of halogens is 3. The summed E-state index contributed by atoms with van der Waals surface area (Å²) < 4.78 is 44.9. The first-order valence-corrected chi connectivity index (χ1v) is 7.30. The Morgan fingerprint density at radius 3 is 2.65 bits per heavy atom. The molecular formula is C14H14F3N3O6. The predicted octanol–water partition coefficient (Wildman–Crippen LogP) is 1.38. The quantitative estimate of drug-likeness (QED) is 0.413. The van der Waals surface area contributed by atoms with Crippen LogP contribution >= 0.6 is 0 Å². The first-order chi connectivity index (χ1) is 12.0. The Morgan fingerprint density at radius 2 is 2.12 bits per heavy atom. The fraction of sp³-hybridized carbons (Fsp3) is 0.429. The van der Waals surface area contributed by atoms with Gasteiger partial charge >= 0.3 is 18.2 Å². The summed E-state index contributed by atoms with van der Waals surface area (Å²) in [7, 11) is 0. The molecular weight excluding hydrogens is 363 g/mol. The lowest BCUT2D eigenvalue weighted by Gasteiger charge is -2.44. The van der Waals surface area contributed by atoms with Crippen molar-refractivity contribution in [1.82, 2.24) is 10.6 Å². The Labute approximate surface area is 144 Å². The number of hydrogen-bond donors (Lipinski definition) is 3. The van der Waals surface area contributed by atoms with Gasteiger partial charge in [0.25, 0.3) is 11.4 Å². The molecule has 0 bridgehead atoms. The molecule has 12 heteroatoms. The third-order valence-corrected chi connectivity index (χ3v) is 3.79. The van der Waals surface area contributed by atoms with E-state index in [1.54, 1.807) is 0 Å². The van der Waals surface area contributed by atoms with Crippen LogP contribution in [0.3, 0.4) is 0 Å². The number of nitrogens with one attached hydrogen (secondary N) is 2. The average Bonchev–Trinajstić information content (AvgIpc) is 2.53. The molecule has 1 heterocycles. The molecule has 3 N–H and O–H groups in total. The second kappa shape index (κ2) is 6.78. The Balaban J connectivity index is 2.60. The molecule has 1 saturated heterocycles. The molecule has 0 unspecified atom stereocenters. The molecule has 0 aliphatic carbocycles. The zero-order chi connectivity index (χ0) is 19.7. The van der Waals surface area contributed by atoms with E-state index >= 15 is 0 Å². The number of carbonyl (C=O) groups is 2. The minimum atomic E-state index is -5.42. The molecule has 2 rings (SSSR count). The zero-order valence-corrected chi connectivity index (χ0v) is 13.2. The lowest BCUT2D eigenvalue weighted by Crippen LogP contribution is -2.73. The van der Waals surface area contributed by atoms with Crippen molar-refractivity contribution in [3.05, 3.63) is 39.9 Å². The van der Waals surface area contributed by atoms with Gasteiger partial charge < -0.3 is 20.5 Å². The van der Waals surface area contributed by atoms with E-state index < -0.39 is 46.5 Å². The SMILES string of the molecule is CCOC(=O)[C@@H]1[C@@H](c2cccc([N+](=O)[O-])c2)NC(=O)N[C@@]1(O)C(F)(F)F. The maximum atomic E-state index is 13.4. The van der Waals surface area contributed by atoms with Gasteiger partial charge in [-0.2, -0.15) is 13.2 Å². The number of carbonyl (C=O) groups excluding carboxylic acids is 2. The highest BCUT2D eigenvalue weighted by atomic mass is 19.4. The van der Waals surface area contributed by atoms with E-state index in [0.29, 0.717) is 0 Å². The van der Waals surface area contributed by atoms with Crippen LogP contribution in [0, 0.1) is 16.0 Å². The van der Waals surface area contributed by atoms with Crippen molar-refractivity contribution >= 4 is 17.7 Å². The number of amides is 2. The van der Waals surface area contributed by atoms with Crippen LogP contribution in [0.5, 0.6) is 0 Å². The van der Waals surface area contributed by atoms with Gasteiger partial charge in [0.1, 0.15) is 5.92 Å². The van der Waals surface area contributed by atoms with Gasteiger partial charge in [-0.15, -0.1) is 0 Å². The van der Waals surface area contributed by atoms with E-state index in [2.05, 4.69) is 10.1 Å². The number of nitrogens with zero attached hydrogens (tertiary/aromatic N) is 1. The van der Waals surface area contributed by atoms with Crippen LogP contribution < -0.4 is 10.6 Å². The van der Waals surface area contributed by atoms with Crippen LogP contribution in [0.1, 0.15) is 18.5 Å². The molecule has 0 aromatic heterocycles. The predicted molar refractivity (Wildman–Crippen MR) is 78.6 cm³/mol. The lowest BCUT2D eigenvalue weighted by molar-refractivity contribution is -0.385. The van der Waals surface area contributed by atoms with Crippen molar-refractivity contribution in [3.63, 3.8) is 0 Å². The van der Waals surface area contributed by atoms with Crippen molar-refractivity contribution in [2.45, 2.75) is 24.9 Å². The molecule has 0 radical (unpaired) electrons. The van der Waals surface area contributed by atoms with Crippen LogP contribution in [0.4, 0.5) is 23.7 Å². The summed E-state index contributed by atoms with van der Waals surface area (Å²) in [6, 6.07) is 1.24. The molecule has 1 aromatic rings. The first-order valence-electron chi connectivity index (χ1n) is 7.30. The van der Waals surface area contributed by atoms with Gasteiger partial charge in [0.2, 0.25) is 0 Å². The highest BCUT2D eigenvalue weighted by Crippen LogP contribution is 2.43. The fourth-order valence-electron chi connectivity index (χ4n) is 2.65. The minimum absolute atomic E-state index is 0.172. The fourth-order valence-corrected chi connectivity index (χ4v) is 2.65. The summed E-state index contributed by atoms with van der Waals surface area (Å²) in [6.45, 7) is 1.07. The molecule has 1 aliphatic heterocycles. The summed E-state index contributed by atoms with van der Waals surface area (Å²) >= 11 is 0. The Kier molecular flexibility index (Phi) is 5.07. The number of urea groups is 1. The van der Waals surface area contributed by atoms with E-state index in [-0.39, 0.29) is 12.2 Å².